The van der Waals surface area contributed by atoms with E-state index >= 15 is 4.39 Å². The number of aliphatic hydroxyl groups is 1. The highest BCUT2D eigenvalue weighted by Crippen LogP contribution is 2.44. The van der Waals surface area contributed by atoms with Gasteiger partial charge in [0.1, 0.15) is 11.2 Å². The smallest absolute Gasteiger partial charge is 0.437 e. The van der Waals surface area contributed by atoms with Gasteiger partial charge in [0, 0.05) is 38.3 Å². The van der Waals surface area contributed by atoms with Crippen LogP contribution in [0.25, 0.3) is 33.7 Å². The lowest BCUT2D eigenvalue weighted by molar-refractivity contribution is -0.141. The molecule has 0 radical (unpaired) electrons. The molecule has 55 heavy (non-hydrogen) atoms. The van der Waals surface area contributed by atoms with Crippen LogP contribution in [0.2, 0.25) is 0 Å². The molecular formula is C40H41F4N7O4. The number of alkyl halides is 3. The summed E-state index contributed by atoms with van der Waals surface area (Å²) in [6.45, 7) is 4.56. The first-order chi connectivity index (χ1) is 26.4. The maximum Gasteiger partial charge on any atom is 0.437 e. The molecule has 2 aliphatic heterocycles. The number of carbonyl (C=O) groups excluding carboxylic acids is 1. The summed E-state index contributed by atoms with van der Waals surface area (Å²) in [7, 11) is 1.35. The molecule has 0 spiro atoms. The second kappa shape index (κ2) is 14.5. The predicted molar refractivity (Wildman–Crippen MR) is 196 cm³/mol. The Bertz CT molecular complexity index is 2280. The van der Waals surface area contributed by atoms with Crippen LogP contribution in [0.3, 0.4) is 0 Å². The van der Waals surface area contributed by atoms with Gasteiger partial charge in [0.15, 0.2) is 22.9 Å². The van der Waals surface area contributed by atoms with E-state index in [0.29, 0.717) is 75.1 Å². The minimum atomic E-state index is -4.78. The van der Waals surface area contributed by atoms with Crippen molar-refractivity contribution in [2.45, 2.75) is 64.0 Å². The van der Waals surface area contributed by atoms with Gasteiger partial charge in [-0.15, -0.1) is 0 Å². The maximum atomic E-state index is 15.4. The van der Waals surface area contributed by atoms with Gasteiger partial charge in [-0.25, -0.2) is 14.4 Å². The number of primary amides is 1. The van der Waals surface area contributed by atoms with Gasteiger partial charge in [0.25, 0.3) is 0 Å². The highest BCUT2D eigenvalue weighted by Gasteiger charge is 2.40. The summed E-state index contributed by atoms with van der Waals surface area (Å²) in [4.78, 5) is 28.5. The fraction of sp³-hybridized carbons (Fsp3) is 0.400. The standard InChI is InChI=1S/C40H41F4N7O4/c1-21-25(5-3-6-26(21)38-48-32-16-22(15-30(41)34(32)55-38)17-50-13-11-23(18-50)36(45)53)27-7-4-8-29-28(27)9-10-31(29)47-37-35(40(42,43)44)46-33(39(49-37)54-2)20-51-14-12-24(52)19-51/h3-8,15-16,23-24,31,52H,9-14,17-20H2,1-2H3,(H2,45,53)(H,47,49)/t23-,24-,31-/m1/s1. The van der Waals surface area contributed by atoms with Crippen LogP contribution in [0, 0.1) is 18.7 Å². The minimum Gasteiger partial charge on any atom is -0.480 e. The Balaban J connectivity index is 1.07. The van der Waals surface area contributed by atoms with E-state index in [2.05, 4.69) is 20.2 Å². The van der Waals surface area contributed by atoms with E-state index in [1.165, 1.54) is 13.2 Å². The Labute approximate surface area is 314 Å². The topological polar surface area (TPSA) is 143 Å². The zero-order valence-electron chi connectivity index (χ0n) is 30.4. The number of fused-ring (bicyclic) bond motifs is 2. The first-order valence-electron chi connectivity index (χ1n) is 18.4. The summed E-state index contributed by atoms with van der Waals surface area (Å²) in [5.41, 5.74) is 10.8. The zero-order valence-corrected chi connectivity index (χ0v) is 30.4. The van der Waals surface area contributed by atoms with Crippen LogP contribution in [0.4, 0.5) is 23.4 Å². The number of aromatic nitrogens is 3. The van der Waals surface area contributed by atoms with Gasteiger partial charge in [-0.1, -0.05) is 30.3 Å². The SMILES string of the molecule is COc1nc(N[C@@H]2CCc3c(-c4cccc(-c5nc6cc(CN7CC[C@@H](C(N)=O)C7)cc(F)c6o5)c4C)cccc32)c(C(F)(F)F)nc1CN1CC[C@@H](O)C1. The molecule has 2 aromatic heterocycles. The molecule has 3 aliphatic rings. The van der Waals surface area contributed by atoms with Crippen molar-refractivity contribution in [3.63, 3.8) is 0 Å². The number of amides is 1. The Morgan fingerprint density at radius 3 is 2.47 bits per heavy atom. The van der Waals surface area contributed by atoms with Gasteiger partial charge in [0.2, 0.25) is 17.7 Å². The summed E-state index contributed by atoms with van der Waals surface area (Å²) in [6.07, 6.45) is -2.98. The molecule has 15 heteroatoms. The lowest BCUT2D eigenvalue weighted by Crippen LogP contribution is -2.27. The monoisotopic (exact) mass is 759 g/mol. The molecular weight excluding hydrogens is 718 g/mol. The van der Waals surface area contributed by atoms with Crippen LogP contribution in [0.15, 0.2) is 52.9 Å². The molecule has 4 N–H and O–H groups in total. The Hall–Kier alpha value is -5.12. The summed E-state index contributed by atoms with van der Waals surface area (Å²) in [6, 6.07) is 14.3. The van der Waals surface area contributed by atoms with E-state index in [1.807, 2.05) is 48.2 Å². The molecule has 2 fully saturated rings. The van der Waals surface area contributed by atoms with Crippen molar-refractivity contribution in [2.24, 2.45) is 11.7 Å². The molecule has 2 saturated heterocycles. The molecule has 0 saturated carbocycles. The zero-order chi connectivity index (χ0) is 38.6. The van der Waals surface area contributed by atoms with Crippen molar-refractivity contribution in [1.29, 1.82) is 0 Å². The number of halogens is 4. The van der Waals surface area contributed by atoms with Crippen molar-refractivity contribution in [3.05, 3.63) is 88.0 Å². The molecule has 5 aromatic rings. The average Bonchev–Trinajstić information content (AvgIpc) is 3.96. The molecule has 4 heterocycles. The van der Waals surface area contributed by atoms with Crippen molar-refractivity contribution in [3.8, 4) is 28.5 Å². The number of nitrogens with two attached hydrogens (primary N) is 1. The van der Waals surface area contributed by atoms with Crippen LogP contribution in [0.5, 0.6) is 5.88 Å². The first kappa shape index (κ1) is 36.8. The molecule has 3 aromatic carbocycles. The Morgan fingerprint density at radius 2 is 1.75 bits per heavy atom. The number of benzene rings is 3. The lowest BCUT2D eigenvalue weighted by atomic mass is 9.91. The second-order valence-electron chi connectivity index (χ2n) is 14.7. The van der Waals surface area contributed by atoms with Crippen molar-refractivity contribution in [1.82, 2.24) is 24.8 Å². The normalized spacial score (nSPS) is 20.4. The number of aliphatic hydroxyl groups excluding tert-OH is 1. The van der Waals surface area contributed by atoms with Crippen LogP contribution >= 0.6 is 0 Å². The van der Waals surface area contributed by atoms with Gasteiger partial charge in [-0.3, -0.25) is 14.6 Å². The number of β-amino-alcohol motifs (C(OH)–C–C–N with tert-alkyl or cyclic N) is 1. The van der Waals surface area contributed by atoms with E-state index in [1.54, 1.807) is 6.07 Å². The van der Waals surface area contributed by atoms with Gasteiger partial charge in [-0.2, -0.15) is 18.2 Å². The summed E-state index contributed by atoms with van der Waals surface area (Å²) in [5, 5.41) is 13.0. The van der Waals surface area contributed by atoms with E-state index in [9.17, 15) is 23.1 Å². The number of hydrogen-bond acceptors (Lipinski definition) is 10. The molecule has 8 rings (SSSR count). The fourth-order valence-corrected chi connectivity index (χ4v) is 8.29. The average molecular weight is 760 g/mol. The number of likely N-dealkylation sites (tertiary alicyclic amines) is 2. The highest BCUT2D eigenvalue weighted by molar-refractivity contribution is 5.82. The fourth-order valence-electron chi connectivity index (χ4n) is 8.29. The number of nitrogens with zero attached hydrogens (tertiary/aromatic N) is 5. The largest absolute Gasteiger partial charge is 0.480 e. The van der Waals surface area contributed by atoms with Crippen LogP contribution in [0.1, 0.15) is 58.9 Å². The van der Waals surface area contributed by atoms with Gasteiger partial charge < -0.3 is 25.3 Å². The third-order valence-corrected chi connectivity index (χ3v) is 11.0. The first-order valence-corrected chi connectivity index (χ1v) is 18.4. The number of oxazole rings is 1. The Morgan fingerprint density at radius 1 is 1.00 bits per heavy atom. The third-order valence-electron chi connectivity index (χ3n) is 11.0. The number of methoxy groups -OCH3 is 1. The number of carbonyl (C=O) groups is 1. The lowest BCUT2D eigenvalue weighted by Gasteiger charge is -2.22. The van der Waals surface area contributed by atoms with E-state index < -0.39 is 35.7 Å². The predicted octanol–water partition coefficient (Wildman–Crippen LogP) is 6.40. The molecule has 0 bridgehead atoms. The molecule has 288 valence electrons. The molecule has 0 unspecified atom stereocenters. The van der Waals surface area contributed by atoms with Gasteiger partial charge >= 0.3 is 6.18 Å². The highest BCUT2D eigenvalue weighted by atomic mass is 19.4. The number of ether oxygens (including phenoxy) is 1. The van der Waals surface area contributed by atoms with Gasteiger partial charge in [-0.05, 0) is 90.7 Å². The summed E-state index contributed by atoms with van der Waals surface area (Å²) >= 11 is 0. The summed E-state index contributed by atoms with van der Waals surface area (Å²) < 4.78 is 70.2. The second-order valence-corrected chi connectivity index (χ2v) is 14.7. The number of hydrogen-bond donors (Lipinski definition) is 3. The van der Waals surface area contributed by atoms with Crippen molar-refractivity contribution in [2.75, 3.05) is 38.6 Å². The Kier molecular flexibility index (Phi) is 9.72. The van der Waals surface area contributed by atoms with Crippen molar-refractivity contribution >= 4 is 22.8 Å². The van der Waals surface area contributed by atoms with Gasteiger partial charge in [0.05, 0.1) is 25.2 Å². The minimum absolute atomic E-state index is 0.00321. The number of nitrogens with one attached hydrogen (secondary N) is 1. The molecule has 11 nitrogen and oxygen atoms in total. The van der Waals surface area contributed by atoms with Crippen molar-refractivity contribution < 1.29 is 36.6 Å². The van der Waals surface area contributed by atoms with Crippen LogP contribution in [-0.4, -0.2) is 75.2 Å². The van der Waals surface area contributed by atoms with E-state index in [-0.39, 0.29) is 41.4 Å². The van der Waals surface area contributed by atoms with E-state index in [0.717, 1.165) is 27.8 Å². The van der Waals surface area contributed by atoms with E-state index in [4.69, 9.17) is 19.9 Å². The number of anilines is 1. The maximum absolute atomic E-state index is 15.4. The number of rotatable bonds is 10. The third kappa shape index (κ3) is 7.23. The molecule has 1 amide bonds. The van der Waals surface area contributed by atoms with Crippen LogP contribution in [-0.2, 0) is 30.5 Å². The van der Waals surface area contributed by atoms with Crippen LogP contribution < -0.4 is 15.8 Å². The molecule has 3 atom stereocenters. The summed E-state index contributed by atoms with van der Waals surface area (Å²) in [5.74, 6) is -1.20. The molecule has 1 aliphatic carbocycles. The quantitative estimate of drug-likeness (QED) is 0.137.